The van der Waals surface area contributed by atoms with Crippen molar-refractivity contribution in [2.24, 2.45) is 0 Å². The molecule has 1 heterocycles. The third kappa shape index (κ3) is 1.25. The number of hydrogen-bond donors (Lipinski definition) is 0. The fraction of sp³-hybridized carbons (Fsp3) is 1.00. The minimum Gasteiger partial charge on any atom is -0.203 e. The topological polar surface area (TPSA) is 9.23 Å². The summed E-state index contributed by atoms with van der Waals surface area (Å²) in [6.07, 6.45) is 1.24. The summed E-state index contributed by atoms with van der Waals surface area (Å²) in [4.78, 5) is 5.58. The highest BCUT2D eigenvalue weighted by atomic mass is 16.7. The molecule has 0 radical (unpaired) electrons. The van der Waals surface area contributed by atoms with Gasteiger partial charge in [-0.2, -0.15) is 4.65 Å². The van der Waals surface area contributed by atoms with Crippen molar-refractivity contribution in [3.8, 4) is 0 Å². The van der Waals surface area contributed by atoms with Gasteiger partial charge in [-0.3, -0.25) is 0 Å². The van der Waals surface area contributed by atoms with Crippen molar-refractivity contribution in [1.29, 1.82) is 0 Å². The Labute approximate surface area is 57.0 Å². The van der Waals surface area contributed by atoms with Crippen LogP contribution in [0.15, 0.2) is 0 Å². The number of rotatable bonds is 2. The van der Waals surface area contributed by atoms with Crippen molar-refractivity contribution < 1.29 is 9.48 Å². The van der Waals surface area contributed by atoms with Crippen molar-refractivity contribution in [2.45, 2.75) is 20.3 Å². The van der Waals surface area contributed by atoms with Gasteiger partial charge in [-0.25, -0.2) is 4.84 Å². The molecule has 0 aromatic carbocycles. The van der Waals surface area contributed by atoms with Gasteiger partial charge < -0.3 is 0 Å². The van der Waals surface area contributed by atoms with Crippen LogP contribution in [0.5, 0.6) is 0 Å². The molecule has 2 nitrogen and oxygen atoms in total. The lowest BCUT2D eigenvalue weighted by Gasteiger charge is -2.26. The molecular formula is C7H16NO+. The quantitative estimate of drug-likeness (QED) is 0.510. The zero-order valence-electron chi connectivity index (χ0n) is 6.39. The minimum atomic E-state index is 0.889. The average molecular weight is 130 g/mol. The summed E-state index contributed by atoms with van der Waals surface area (Å²) < 4.78 is 0.889. The van der Waals surface area contributed by atoms with Gasteiger partial charge in [-0.1, -0.05) is 0 Å². The molecule has 0 aliphatic carbocycles. The number of quaternary nitrogens is 1. The summed E-state index contributed by atoms with van der Waals surface area (Å²) in [7, 11) is 0. The van der Waals surface area contributed by atoms with Crippen LogP contribution in [0.25, 0.3) is 0 Å². The van der Waals surface area contributed by atoms with Crippen molar-refractivity contribution in [1.82, 2.24) is 0 Å². The molecule has 1 aliphatic rings. The Balaban J connectivity index is 2.45. The fourth-order valence-electron chi connectivity index (χ4n) is 1.40. The molecule has 0 N–H and O–H groups in total. The first-order chi connectivity index (χ1) is 4.33. The molecule has 0 saturated carbocycles. The van der Waals surface area contributed by atoms with Crippen molar-refractivity contribution in [3.63, 3.8) is 0 Å². The molecule has 54 valence electrons. The normalized spacial score (nSPS) is 24.7. The summed E-state index contributed by atoms with van der Waals surface area (Å²) in [5.41, 5.74) is 0. The summed E-state index contributed by atoms with van der Waals surface area (Å²) >= 11 is 0. The maximum absolute atomic E-state index is 5.58. The van der Waals surface area contributed by atoms with Gasteiger partial charge in [0, 0.05) is 6.42 Å². The number of hydroxylamine groups is 3. The molecule has 9 heavy (non-hydrogen) atoms. The standard InChI is InChI=1S/C7H16NO/c1-3-8(4-2)6-5-7-9-8/h3-7H2,1-2H3/q+1. The maximum atomic E-state index is 5.58. The lowest BCUT2D eigenvalue weighted by atomic mass is 10.4. The molecule has 0 aromatic rings. The lowest BCUT2D eigenvalue weighted by Crippen LogP contribution is -2.43. The van der Waals surface area contributed by atoms with Crippen LogP contribution in [0.4, 0.5) is 0 Å². The Bertz CT molecular complexity index is 80.9. The van der Waals surface area contributed by atoms with E-state index in [2.05, 4.69) is 13.8 Å². The highest BCUT2D eigenvalue weighted by Crippen LogP contribution is 2.15. The predicted octanol–water partition coefficient (Wildman–Crippen LogP) is 1.18. The van der Waals surface area contributed by atoms with E-state index >= 15 is 0 Å². The highest BCUT2D eigenvalue weighted by Gasteiger charge is 2.30. The van der Waals surface area contributed by atoms with E-state index in [1.807, 2.05) is 0 Å². The van der Waals surface area contributed by atoms with Crippen LogP contribution in [0.1, 0.15) is 20.3 Å². The SMILES string of the molecule is CC[N+]1(CC)CCCO1. The van der Waals surface area contributed by atoms with Gasteiger partial charge in [0.15, 0.2) is 0 Å². The zero-order valence-corrected chi connectivity index (χ0v) is 6.39. The van der Waals surface area contributed by atoms with Crippen LogP contribution in [0.3, 0.4) is 0 Å². The second-order valence-corrected chi connectivity index (χ2v) is 2.60. The van der Waals surface area contributed by atoms with Crippen LogP contribution in [0.2, 0.25) is 0 Å². The highest BCUT2D eigenvalue weighted by molar-refractivity contribution is 4.39. The summed E-state index contributed by atoms with van der Waals surface area (Å²) in [5, 5.41) is 0. The van der Waals surface area contributed by atoms with E-state index in [-0.39, 0.29) is 0 Å². The number of hydrogen-bond acceptors (Lipinski definition) is 1. The maximum Gasteiger partial charge on any atom is 0.112 e. The van der Waals surface area contributed by atoms with Gasteiger partial charge in [0.2, 0.25) is 0 Å². The molecule has 1 aliphatic heterocycles. The minimum absolute atomic E-state index is 0.889. The molecule has 0 amide bonds. The predicted molar refractivity (Wildman–Crippen MR) is 36.8 cm³/mol. The Morgan fingerprint density at radius 3 is 2.22 bits per heavy atom. The molecule has 0 spiro atoms. The van der Waals surface area contributed by atoms with E-state index < -0.39 is 0 Å². The second kappa shape index (κ2) is 2.67. The first-order valence-electron chi connectivity index (χ1n) is 3.83. The number of nitrogens with zero attached hydrogens (tertiary/aromatic N) is 1. The van der Waals surface area contributed by atoms with E-state index in [1.165, 1.54) is 13.0 Å². The summed E-state index contributed by atoms with van der Waals surface area (Å²) in [6, 6.07) is 0. The smallest absolute Gasteiger partial charge is 0.112 e. The van der Waals surface area contributed by atoms with Crippen molar-refractivity contribution in [2.75, 3.05) is 26.2 Å². The van der Waals surface area contributed by atoms with Gasteiger partial charge in [0.05, 0.1) is 0 Å². The van der Waals surface area contributed by atoms with E-state index in [1.54, 1.807) is 0 Å². The molecule has 1 fully saturated rings. The Hall–Kier alpha value is -0.0800. The first kappa shape index (κ1) is 7.03. The van der Waals surface area contributed by atoms with E-state index in [4.69, 9.17) is 4.84 Å². The first-order valence-corrected chi connectivity index (χ1v) is 3.83. The van der Waals surface area contributed by atoms with Crippen LogP contribution in [-0.4, -0.2) is 30.9 Å². The largest absolute Gasteiger partial charge is 0.203 e. The van der Waals surface area contributed by atoms with Gasteiger partial charge in [0.1, 0.15) is 26.2 Å². The van der Waals surface area contributed by atoms with Crippen LogP contribution in [-0.2, 0) is 4.84 Å². The van der Waals surface area contributed by atoms with Crippen LogP contribution >= 0.6 is 0 Å². The van der Waals surface area contributed by atoms with Gasteiger partial charge in [-0.15, -0.1) is 0 Å². The molecule has 1 rings (SSSR count). The van der Waals surface area contributed by atoms with E-state index in [0.717, 1.165) is 24.3 Å². The lowest BCUT2D eigenvalue weighted by molar-refractivity contribution is -1.09. The monoisotopic (exact) mass is 130 g/mol. The summed E-state index contributed by atoms with van der Waals surface area (Å²) in [5.74, 6) is 0. The summed E-state index contributed by atoms with van der Waals surface area (Å²) in [6.45, 7) is 8.80. The molecule has 0 atom stereocenters. The fourth-order valence-corrected chi connectivity index (χ4v) is 1.40. The molecule has 0 aromatic heterocycles. The van der Waals surface area contributed by atoms with E-state index in [9.17, 15) is 0 Å². The van der Waals surface area contributed by atoms with Gasteiger partial charge in [-0.05, 0) is 13.8 Å². The zero-order chi connectivity index (χ0) is 6.74. The van der Waals surface area contributed by atoms with Gasteiger partial charge in [0.25, 0.3) is 0 Å². The Morgan fingerprint density at radius 2 is 2.00 bits per heavy atom. The third-order valence-electron chi connectivity index (χ3n) is 2.23. The van der Waals surface area contributed by atoms with Gasteiger partial charge >= 0.3 is 0 Å². The Morgan fingerprint density at radius 1 is 1.33 bits per heavy atom. The third-order valence-corrected chi connectivity index (χ3v) is 2.23. The molecule has 1 saturated heterocycles. The molecule has 2 heteroatoms. The van der Waals surface area contributed by atoms with Crippen LogP contribution < -0.4 is 0 Å². The Kier molecular flexibility index (Phi) is 2.09. The van der Waals surface area contributed by atoms with E-state index in [0.29, 0.717) is 0 Å². The van der Waals surface area contributed by atoms with Crippen molar-refractivity contribution >= 4 is 0 Å². The average Bonchev–Trinajstić information content (AvgIpc) is 2.36. The molecule has 0 unspecified atom stereocenters. The van der Waals surface area contributed by atoms with Crippen LogP contribution in [0, 0.1) is 0 Å². The van der Waals surface area contributed by atoms with Crippen molar-refractivity contribution in [3.05, 3.63) is 0 Å². The molecular weight excluding hydrogens is 114 g/mol. The molecule has 0 bridgehead atoms. The second-order valence-electron chi connectivity index (χ2n) is 2.60.